The van der Waals surface area contributed by atoms with E-state index < -0.39 is 5.97 Å². The van der Waals surface area contributed by atoms with Crippen LogP contribution in [0.15, 0.2) is 36.4 Å². The summed E-state index contributed by atoms with van der Waals surface area (Å²) in [6.07, 6.45) is 6.04. The summed E-state index contributed by atoms with van der Waals surface area (Å²) >= 11 is 6.30. The second-order valence-corrected chi connectivity index (χ2v) is 10.4. The van der Waals surface area contributed by atoms with Gasteiger partial charge in [-0.05, 0) is 79.5 Å². The van der Waals surface area contributed by atoms with E-state index in [0.717, 1.165) is 55.6 Å². The number of rotatable bonds is 4. The summed E-state index contributed by atoms with van der Waals surface area (Å²) in [5.41, 5.74) is 3.08. The lowest BCUT2D eigenvalue weighted by molar-refractivity contribution is -0.123. The Morgan fingerprint density at radius 3 is 2.84 bits per heavy atom. The summed E-state index contributed by atoms with van der Waals surface area (Å²) in [4.78, 5) is 25.7. The topological polar surface area (TPSA) is 66.8 Å². The average Bonchev–Trinajstić information content (AvgIpc) is 2.93. The molecule has 3 atom stereocenters. The minimum Gasteiger partial charge on any atom is -0.490 e. The summed E-state index contributed by atoms with van der Waals surface area (Å²) in [5.74, 6) is -0.00408. The van der Waals surface area contributed by atoms with Crippen LogP contribution >= 0.6 is 11.6 Å². The van der Waals surface area contributed by atoms with E-state index in [1.54, 1.807) is 18.2 Å². The normalized spacial score (nSPS) is 28.7. The third-order valence-electron chi connectivity index (χ3n) is 7.96. The number of carboxylic acids is 1. The van der Waals surface area contributed by atoms with Crippen molar-refractivity contribution in [2.75, 3.05) is 24.6 Å². The molecule has 1 heterocycles. The van der Waals surface area contributed by atoms with Gasteiger partial charge in [0.2, 0.25) is 0 Å². The maximum absolute atomic E-state index is 11.8. The number of halogens is 1. The first-order valence-electron chi connectivity index (χ1n) is 11.3. The minimum absolute atomic E-state index is 0.206. The number of nitrogens with zero attached hydrogens (tertiary/aromatic N) is 1. The van der Waals surface area contributed by atoms with Crippen molar-refractivity contribution in [3.63, 3.8) is 0 Å². The Kier molecular flexibility index (Phi) is 5.20. The van der Waals surface area contributed by atoms with Crippen LogP contribution in [0.2, 0.25) is 5.02 Å². The monoisotopic (exact) mass is 453 g/mol. The number of aromatic carboxylic acids is 1. The van der Waals surface area contributed by atoms with E-state index in [1.165, 1.54) is 11.1 Å². The number of carbonyl (C=O) groups excluding carboxylic acids is 1. The molecule has 0 bridgehead atoms. The van der Waals surface area contributed by atoms with Crippen molar-refractivity contribution in [3.8, 4) is 5.75 Å². The Balaban J connectivity index is 1.58. The van der Waals surface area contributed by atoms with Gasteiger partial charge in [-0.1, -0.05) is 24.6 Å². The molecule has 0 saturated heterocycles. The number of ether oxygens (including phenoxy) is 1. The minimum atomic E-state index is -0.953. The molecule has 32 heavy (non-hydrogen) atoms. The lowest BCUT2D eigenvalue weighted by Crippen LogP contribution is -2.51. The van der Waals surface area contributed by atoms with Gasteiger partial charge in [-0.2, -0.15) is 0 Å². The highest BCUT2D eigenvalue weighted by Crippen LogP contribution is 2.49. The van der Waals surface area contributed by atoms with Gasteiger partial charge < -0.3 is 19.5 Å². The van der Waals surface area contributed by atoms with Crippen molar-refractivity contribution in [1.29, 1.82) is 0 Å². The fourth-order valence-electron chi connectivity index (χ4n) is 5.77. The molecule has 6 heteroatoms. The van der Waals surface area contributed by atoms with Gasteiger partial charge in [0.25, 0.3) is 0 Å². The van der Waals surface area contributed by atoms with E-state index in [4.69, 9.17) is 16.3 Å². The van der Waals surface area contributed by atoms with Crippen molar-refractivity contribution in [3.05, 3.63) is 58.1 Å². The number of benzene rings is 2. The standard InChI is InChI=1S/C26H28ClNO4/c1-25(15-29)10-8-19(25)13-28-14-26(9-2-3-17-11-20(27)5-6-21(17)26)16-32-23-7-4-18(24(30)31)12-22(23)28/h4-7,11-12,15,19H,2-3,8-10,13-14,16H2,1H3,(H,30,31)/t19-,25+,26?/m1/s1. The largest absolute Gasteiger partial charge is 0.490 e. The molecule has 168 valence electrons. The molecule has 1 aliphatic heterocycles. The lowest BCUT2D eigenvalue weighted by atomic mass is 9.62. The Morgan fingerprint density at radius 1 is 1.28 bits per heavy atom. The molecule has 2 aliphatic carbocycles. The second kappa shape index (κ2) is 7.80. The number of anilines is 1. The van der Waals surface area contributed by atoms with Crippen LogP contribution in [-0.4, -0.2) is 37.1 Å². The lowest BCUT2D eigenvalue weighted by Gasteiger charge is -2.47. The molecule has 1 spiro atoms. The summed E-state index contributed by atoms with van der Waals surface area (Å²) < 4.78 is 6.37. The molecule has 2 aromatic rings. The summed E-state index contributed by atoms with van der Waals surface area (Å²) in [6, 6.07) is 11.3. The molecule has 1 N–H and O–H groups in total. The van der Waals surface area contributed by atoms with Crippen LogP contribution < -0.4 is 9.64 Å². The van der Waals surface area contributed by atoms with Crippen molar-refractivity contribution >= 4 is 29.5 Å². The number of hydrogen-bond acceptors (Lipinski definition) is 4. The average molecular weight is 454 g/mol. The Morgan fingerprint density at radius 2 is 2.12 bits per heavy atom. The first-order valence-corrected chi connectivity index (χ1v) is 11.7. The van der Waals surface area contributed by atoms with Gasteiger partial charge in [-0.25, -0.2) is 4.79 Å². The highest BCUT2D eigenvalue weighted by molar-refractivity contribution is 6.30. The number of fused-ring (bicyclic) bond motifs is 3. The molecule has 1 unspecified atom stereocenters. The quantitative estimate of drug-likeness (QED) is 0.650. The van der Waals surface area contributed by atoms with Gasteiger partial charge in [0.1, 0.15) is 12.0 Å². The Bertz CT molecular complexity index is 1090. The molecule has 0 aromatic heterocycles. The summed E-state index contributed by atoms with van der Waals surface area (Å²) in [5, 5.41) is 10.3. The van der Waals surface area contributed by atoms with Crippen LogP contribution in [0.1, 0.15) is 54.1 Å². The molecule has 0 amide bonds. The number of aryl methyl sites for hydroxylation is 1. The molecule has 3 aliphatic rings. The molecular weight excluding hydrogens is 426 g/mol. The number of aldehydes is 1. The highest BCUT2D eigenvalue weighted by Gasteiger charge is 2.46. The highest BCUT2D eigenvalue weighted by atomic mass is 35.5. The fourth-order valence-corrected chi connectivity index (χ4v) is 5.97. The number of carboxylic acid groups (broad SMARTS) is 1. The van der Waals surface area contributed by atoms with Gasteiger partial charge in [0, 0.05) is 28.9 Å². The van der Waals surface area contributed by atoms with Crippen LogP contribution in [0.5, 0.6) is 5.75 Å². The van der Waals surface area contributed by atoms with Crippen molar-refractivity contribution in [2.24, 2.45) is 11.3 Å². The zero-order valence-electron chi connectivity index (χ0n) is 18.3. The van der Waals surface area contributed by atoms with Gasteiger partial charge >= 0.3 is 5.97 Å². The second-order valence-electron chi connectivity index (χ2n) is 9.95. The molecule has 5 nitrogen and oxygen atoms in total. The van der Waals surface area contributed by atoms with Gasteiger partial charge in [0.05, 0.1) is 17.9 Å². The number of hydrogen-bond donors (Lipinski definition) is 1. The molecule has 2 aromatic carbocycles. The summed E-state index contributed by atoms with van der Waals surface area (Å²) in [6.45, 7) is 4.00. The zero-order valence-corrected chi connectivity index (χ0v) is 19.0. The third-order valence-corrected chi connectivity index (χ3v) is 8.19. The molecule has 1 fully saturated rings. The van der Waals surface area contributed by atoms with Crippen LogP contribution in [0, 0.1) is 11.3 Å². The van der Waals surface area contributed by atoms with Crippen LogP contribution in [0.4, 0.5) is 5.69 Å². The number of carbonyl (C=O) groups is 2. The Labute approximate surface area is 193 Å². The zero-order chi connectivity index (χ0) is 22.5. The Hall–Kier alpha value is -2.53. The predicted octanol–water partition coefficient (Wildman–Crippen LogP) is 5.13. The fraction of sp³-hybridized carbons (Fsp3) is 0.462. The van der Waals surface area contributed by atoms with Crippen molar-refractivity contribution in [1.82, 2.24) is 0 Å². The molecule has 0 radical (unpaired) electrons. The van der Waals surface area contributed by atoms with E-state index in [2.05, 4.69) is 17.0 Å². The SMILES string of the molecule is C[C@@]1(C=O)CC[C@@H]1CN1CC2(CCCc3cc(Cl)ccc32)COc2ccc(C(=O)O)cc21. The van der Waals surface area contributed by atoms with Gasteiger partial charge in [-0.15, -0.1) is 0 Å². The molecule has 1 saturated carbocycles. The molecule has 5 rings (SSSR count). The van der Waals surface area contributed by atoms with Crippen LogP contribution in [-0.2, 0) is 16.6 Å². The van der Waals surface area contributed by atoms with Crippen molar-refractivity contribution in [2.45, 2.75) is 44.4 Å². The van der Waals surface area contributed by atoms with Crippen molar-refractivity contribution < 1.29 is 19.4 Å². The van der Waals surface area contributed by atoms with E-state index in [0.29, 0.717) is 18.9 Å². The van der Waals surface area contributed by atoms with E-state index in [9.17, 15) is 14.7 Å². The van der Waals surface area contributed by atoms with E-state index in [-0.39, 0.29) is 22.3 Å². The van der Waals surface area contributed by atoms with Crippen LogP contribution in [0.3, 0.4) is 0 Å². The van der Waals surface area contributed by atoms with Gasteiger partial charge in [0.15, 0.2) is 0 Å². The third kappa shape index (κ3) is 3.47. The predicted molar refractivity (Wildman–Crippen MR) is 124 cm³/mol. The van der Waals surface area contributed by atoms with Crippen LogP contribution in [0.25, 0.3) is 0 Å². The van der Waals surface area contributed by atoms with E-state index >= 15 is 0 Å². The maximum atomic E-state index is 11.8. The maximum Gasteiger partial charge on any atom is 0.335 e. The molecular formula is C26H28ClNO4. The summed E-state index contributed by atoms with van der Waals surface area (Å²) in [7, 11) is 0. The smallest absolute Gasteiger partial charge is 0.335 e. The first kappa shape index (κ1) is 21.3. The van der Waals surface area contributed by atoms with E-state index in [1.807, 2.05) is 13.0 Å². The van der Waals surface area contributed by atoms with Gasteiger partial charge in [-0.3, -0.25) is 0 Å². The first-order chi connectivity index (χ1) is 15.3.